The summed E-state index contributed by atoms with van der Waals surface area (Å²) < 4.78 is 11.1. The normalized spacial score (nSPS) is 13.7. The summed E-state index contributed by atoms with van der Waals surface area (Å²) in [6.07, 6.45) is 0.984. The predicted molar refractivity (Wildman–Crippen MR) is 152 cm³/mol. The van der Waals surface area contributed by atoms with Crippen LogP contribution >= 0.6 is 11.8 Å². The summed E-state index contributed by atoms with van der Waals surface area (Å²) in [5, 5.41) is 16.4. The van der Waals surface area contributed by atoms with E-state index in [0.717, 1.165) is 30.8 Å². The number of hydrogen-bond acceptors (Lipinski definition) is 7. The van der Waals surface area contributed by atoms with Gasteiger partial charge < -0.3 is 29.7 Å². The number of rotatable bonds is 17. The van der Waals surface area contributed by atoms with Crippen LogP contribution in [0.1, 0.15) is 18.1 Å². The van der Waals surface area contributed by atoms with Gasteiger partial charge >= 0.3 is 6.03 Å². The number of amides is 2. The van der Waals surface area contributed by atoms with Gasteiger partial charge in [-0.2, -0.15) is 0 Å². The Morgan fingerprint density at radius 1 is 1.00 bits per heavy atom. The molecule has 3 atom stereocenters. The van der Waals surface area contributed by atoms with Gasteiger partial charge in [-0.05, 0) is 57.1 Å². The Morgan fingerprint density at radius 3 is 2.30 bits per heavy atom. The molecule has 0 bridgehead atoms. The summed E-state index contributed by atoms with van der Waals surface area (Å²) in [5.74, 6) is 1.44. The van der Waals surface area contributed by atoms with Crippen LogP contribution in [0.15, 0.2) is 54.6 Å². The first kappa shape index (κ1) is 30.9. The molecule has 2 unspecified atom stereocenters. The maximum atomic E-state index is 13.6. The molecule has 0 aliphatic carbocycles. The van der Waals surface area contributed by atoms with Crippen LogP contribution in [-0.2, 0) is 17.6 Å². The number of aliphatic hydroxyl groups excluding tert-OH is 1. The minimum Gasteiger partial charge on any atom is -0.497 e. The van der Waals surface area contributed by atoms with E-state index in [9.17, 15) is 9.90 Å². The Morgan fingerprint density at radius 2 is 1.70 bits per heavy atom. The molecule has 3 N–H and O–H groups in total. The molecule has 2 aromatic rings. The molecule has 2 rings (SSSR count). The number of ether oxygens (including phenoxy) is 2. The zero-order valence-electron chi connectivity index (χ0n) is 22.9. The third kappa shape index (κ3) is 12.2. The van der Waals surface area contributed by atoms with Crippen molar-refractivity contribution >= 4 is 17.8 Å². The van der Waals surface area contributed by atoms with Crippen LogP contribution in [0, 0.1) is 0 Å². The van der Waals surface area contributed by atoms with Crippen LogP contribution in [0.5, 0.6) is 5.75 Å². The Balaban J connectivity index is 2.16. The second-order valence-corrected chi connectivity index (χ2v) is 10.6. The van der Waals surface area contributed by atoms with Gasteiger partial charge in [0.1, 0.15) is 12.0 Å². The lowest BCUT2D eigenvalue weighted by atomic mass is 10.0. The Labute approximate surface area is 226 Å². The average Bonchev–Trinajstić information content (AvgIpc) is 2.89. The summed E-state index contributed by atoms with van der Waals surface area (Å²) in [5.41, 5.74) is 1.78. The van der Waals surface area contributed by atoms with E-state index in [1.54, 1.807) is 21.1 Å². The van der Waals surface area contributed by atoms with E-state index >= 15 is 0 Å². The number of nitrogens with zero attached hydrogens (tertiary/aromatic N) is 2. The Bertz CT molecular complexity index is 884. The number of carbonyl (C=O) groups is 1. The number of likely N-dealkylation sites (N-methyl/N-ethyl adjacent to an activating group) is 1. The lowest BCUT2D eigenvalue weighted by Crippen LogP contribution is -2.56. The van der Waals surface area contributed by atoms with Gasteiger partial charge in [-0.1, -0.05) is 42.5 Å². The maximum absolute atomic E-state index is 13.6. The van der Waals surface area contributed by atoms with E-state index in [-0.39, 0.29) is 18.3 Å². The Hall–Kier alpha value is -2.30. The molecule has 8 nitrogen and oxygen atoms in total. The number of methoxy groups -OCH3 is 2. The summed E-state index contributed by atoms with van der Waals surface area (Å²) in [4.78, 5) is 17.5. The SMILES string of the molecule is COc1ccc(C[C@H](NC(=O)N(CCSC(C)O)CCc2ccccc2)C(NCCN(C)C)OC)cc1. The van der Waals surface area contributed by atoms with Crippen molar-refractivity contribution in [2.45, 2.75) is 37.5 Å². The molecule has 206 valence electrons. The van der Waals surface area contributed by atoms with Crippen LogP contribution in [0.25, 0.3) is 0 Å². The molecule has 0 spiro atoms. The van der Waals surface area contributed by atoms with Gasteiger partial charge in [0.05, 0.1) is 18.6 Å². The van der Waals surface area contributed by atoms with Gasteiger partial charge in [-0.25, -0.2) is 4.79 Å². The fraction of sp³-hybridized carbons (Fsp3) is 0.536. The van der Waals surface area contributed by atoms with Gasteiger partial charge in [0.15, 0.2) is 0 Å². The van der Waals surface area contributed by atoms with Gasteiger partial charge in [0.2, 0.25) is 0 Å². The highest BCUT2D eigenvalue weighted by Gasteiger charge is 2.26. The molecule has 0 aromatic heterocycles. The van der Waals surface area contributed by atoms with Crippen molar-refractivity contribution in [3.8, 4) is 5.75 Å². The smallest absolute Gasteiger partial charge is 0.317 e. The van der Waals surface area contributed by atoms with Crippen molar-refractivity contribution < 1.29 is 19.4 Å². The van der Waals surface area contributed by atoms with Crippen molar-refractivity contribution in [2.24, 2.45) is 0 Å². The third-order valence-electron chi connectivity index (χ3n) is 5.97. The van der Waals surface area contributed by atoms with Gasteiger partial charge in [0, 0.05) is 39.0 Å². The van der Waals surface area contributed by atoms with Crippen LogP contribution < -0.4 is 15.4 Å². The third-order valence-corrected chi connectivity index (χ3v) is 6.87. The molecule has 0 fully saturated rings. The summed E-state index contributed by atoms with van der Waals surface area (Å²) in [7, 11) is 7.35. The van der Waals surface area contributed by atoms with E-state index in [1.165, 1.54) is 17.3 Å². The van der Waals surface area contributed by atoms with Crippen LogP contribution in [0.3, 0.4) is 0 Å². The molecule has 0 aliphatic rings. The van der Waals surface area contributed by atoms with E-state index in [0.29, 0.717) is 25.3 Å². The number of benzene rings is 2. The fourth-order valence-electron chi connectivity index (χ4n) is 3.88. The van der Waals surface area contributed by atoms with Crippen LogP contribution in [0.4, 0.5) is 4.79 Å². The minimum atomic E-state index is -0.472. The standard InChI is InChI=1S/C28H44N4O4S/c1-22(33)37-20-19-32(17-15-23-9-7-6-8-10-23)28(34)30-26(27(36-5)29-16-18-31(2)3)21-24-11-13-25(35-4)14-12-24/h6-14,22,26-27,29,33H,15-21H2,1-5H3,(H,30,34)/t22?,26-,27?/m0/s1. The number of hydrogen-bond donors (Lipinski definition) is 3. The zero-order valence-corrected chi connectivity index (χ0v) is 23.7. The highest BCUT2D eigenvalue weighted by molar-refractivity contribution is 7.99. The van der Waals surface area contributed by atoms with Crippen molar-refractivity contribution in [3.05, 3.63) is 65.7 Å². The Kier molecular flexibility index (Phi) is 14.4. The second kappa shape index (κ2) is 17.3. The van der Waals surface area contributed by atoms with Gasteiger partial charge in [0.25, 0.3) is 0 Å². The number of thioether (sulfide) groups is 1. The molecule has 0 radical (unpaired) electrons. The molecule has 37 heavy (non-hydrogen) atoms. The largest absolute Gasteiger partial charge is 0.497 e. The fourth-order valence-corrected chi connectivity index (χ4v) is 4.54. The molecule has 9 heteroatoms. The first-order chi connectivity index (χ1) is 17.8. The van der Waals surface area contributed by atoms with E-state index in [4.69, 9.17) is 9.47 Å². The monoisotopic (exact) mass is 532 g/mol. The van der Waals surface area contributed by atoms with Crippen molar-refractivity contribution in [2.75, 3.05) is 60.2 Å². The average molecular weight is 533 g/mol. The van der Waals surface area contributed by atoms with Gasteiger partial charge in [-0.15, -0.1) is 11.8 Å². The minimum absolute atomic E-state index is 0.142. The highest BCUT2D eigenvalue weighted by Crippen LogP contribution is 2.15. The highest BCUT2D eigenvalue weighted by atomic mass is 32.2. The zero-order chi connectivity index (χ0) is 27.0. The lowest BCUT2D eigenvalue weighted by molar-refractivity contribution is 0.0414. The first-order valence-corrected chi connectivity index (χ1v) is 13.8. The number of carbonyl (C=O) groups excluding carboxylic acids is 1. The molecule has 0 aliphatic heterocycles. The molecule has 2 amide bonds. The molecule has 2 aromatic carbocycles. The summed E-state index contributed by atoms with van der Waals surface area (Å²) in [6, 6.07) is 17.6. The summed E-state index contributed by atoms with van der Waals surface area (Å²) in [6.45, 7) is 4.44. The van der Waals surface area contributed by atoms with Crippen LogP contribution in [-0.4, -0.2) is 98.9 Å². The molecular formula is C28H44N4O4S. The molecular weight excluding hydrogens is 488 g/mol. The van der Waals surface area contributed by atoms with E-state index < -0.39 is 5.44 Å². The summed E-state index contributed by atoms with van der Waals surface area (Å²) >= 11 is 1.43. The number of aliphatic hydroxyl groups is 1. The number of urea groups is 1. The maximum Gasteiger partial charge on any atom is 0.317 e. The quantitative estimate of drug-likeness (QED) is 0.270. The first-order valence-electron chi connectivity index (χ1n) is 12.7. The number of nitrogens with one attached hydrogen (secondary N) is 2. The van der Waals surface area contributed by atoms with Crippen molar-refractivity contribution in [1.29, 1.82) is 0 Å². The molecule has 0 saturated heterocycles. The second-order valence-electron chi connectivity index (χ2n) is 9.21. The van der Waals surface area contributed by atoms with Crippen LogP contribution in [0.2, 0.25) is 0 Å². The topological polar surface area (TPSA) is 86.3 Å². The lowest BCUT2D eigenvalue weighted by Gasteiger charge is -2.31. The predicted octanol–water partition coefficient (Wildman–Crippen LogP) is 3.06. The van der Waals surface area contributed by atoms with Crippen molar-refractivity contribution in [1.82, 2.24) is 20.4 Å². The van der Waals surface area contributed by atoms with Crippen molar-refractivity contribution in [3.63, 3.8) is 0 Å². The molecule has 0 saturated carbocycles. The van der Waals surface area contributed by atoms with Gasteiger partial charge in [-0.3, -0.25) is 5.32 Å². The van der Waals surface area contributed by atoms with E-state index in [1.807, 2.05) is 61.5 Å². The molecule has 0 heterocycles. The van der Waals surface area contributed by atoms with E-state index in [2.05, 4.69) is 27.7 Å².